The molecule has 2 aromatic heterocycles. The summed E-state index contributed by atoms with van der Waals surface area (Å²) in [4.78, 5) is 31.3. The highest BCUT2D eigenvalue weighted by atomic mass is 32.1. The van der Waals surface area contributed by atoms with Crippen molar-refractivity contribution in [2.45, 2.75) is 130 Å². The molecule has 0 unspecified atom stereocenters. The number of benzene rings is 2. The topological polar surface area (TPSA) is 34.1 Å². The summed E-state index contributed by atoms with van der Waals surface area (Å²) in [6, 6.07) is 8.39. The van der Waals surface area contributed by atoms with E-state index in [-0.39, 0.29) is 10.9 Å². The Balaban J connectivity index is 1.85. The van der Waals surface area contributed by atoms with Crippen molar-refractivity contribution in [3.05, 3.63) is 65.6 Å². The van der Waals surface area contributed by atoms with Crippen molar-refractivity contribution in [2.75, 3.05) is 0 Å². The molecule has 0 radical (unpaired) electrons. The average Bonchev–Trinajstić information content (AvgIpc) is 3.73. The molecule has 0 aliphatic heterocycles. The van der Waals surface area contributed by atoms with Crippen molar-refractivity contribution in [1.82, 2.24) is 0 Å². The molecule has 50 heavy (non-hydrogen) atoms. The van der Waals surface area contributed by atoms with E-state index in [9.17, 15) is 9.59 Å². The number of thiophene rings is 2. The van der Waals surface area contributed by atoms with Gasteiger partial charge in [-0.3, -0.25) is 9.59 Å². The standard InChI is InChI=1S/C44H52O2S2Si2/c1-23(2)49(24(3)4,25(5)6)17-15-31-21-33-34(39-37(31)43-35(41(39)45)19-29(13)47-43)22-32(16-18-50(26(7)8,27(9)10)28(11)12)38-40(33)42(46)36-20-30(14)48-44(36)38/h19-28H,1-14H3. The van der Waals surface area contributed by atoms with Crippen molar-refractivity contribution >= 4 is 91.3 Å². The third kappa shape index (κ3) is 5.23. The van der Waals surface area contributed by atoms with Crippen LogP contribution in [0.25, 0.3) is 52.5 Å². The second-order valence-electron chi connectivity index (χ2n) is 16.6. The molecule has 6 aromatic rings. The molecule has 260 valence electrons. The van der Waals surface area contributed by atoms with Crippen LogP contribution in [0.4, 0.5) is 0 Å². The Morgan fingerprint density at radius 1 is 0.460 bits per heavy atom. The Labute approximate surface area is 308 Å². The first-order valence-corrected chi connectivity index (χ1v) is 24.5. The summed E-state index contributed by atoms with van der Waals surface area (Å²) in [6.07, 6.45) is 0. The van der Waals surface area contributed by atoms with Gasteiger partial charge in [-0.15, -0.1) is 33.8 Å². The normalized spacial score (nSPS) is 13.1. The Morgan fingerprint density at radius 2 is 0.760 bits per heavy atom. The number of aryl methyl sites for hydroxylation is 2. The Bertz CT molecular complexity index is 2320. The molecule has 2 nitrogen and oxygen atoms in total. The van der Waals surface area contributed by atoms with E-state index in [1.54, 1.807) is 22.7 Å². The molecule has 0 N–H and O–H groups in total. The largest absolute Gasteiger partial charge is 0.289 e. The highest BCUT2D eigenvalue weighted by molar-refractivity contribution is 7.20. The zero-order valence-corrected chi connectivity index (χ0v) is 36.0. The summed E-state index contributed by atoms with van der Waals surface area (Å²) in [5.74, 6) is 7.51. The summed E-state index contributed by atoms with van der Waals surface area (Å²) in [7, 11) is -4.17. The first-order valence-electron chi connectivity index (χ1n) is 18.4. The zero-order valence-electron chi connectivity index (χ0n) is 32.4. The number of fused-ring (bicyclic) bond motifs is 9. The minimum Gasteiger partial charge on any atom is -0.289 e. The summed E-state index contributed by atoms with van der Waals surface area (Å²) in [5, 5.41) is 6.50. The van der Waals surface area contributed by atoms with Gasteiger partial charge in [0.05, 0.1) is 0 Å². The van der Waals surface area contributed by atoms with Crippen LogP contribution in [0.3, 0.4) is 0 Å². The van der Waals surface area contributed by atoms with E-state index in [1.807, 2.05) is 12.1 Å². The quantitative estimate of drug-likeness (QED) is 0.126. The molecule has 0 aliphatic carbocycles. The van der Waals surface area contributed by atoms with Gasteiger partial charge in [-0.05, 0) is 82.1 Å². The number of rotatable bonds is 6. The molecule has 0 amide bonds. The van der Waals surface area contributed by atoms with E-state index in [1.165, 1.54) is 0 Å². The van der Waals surface area contributed by atoms with Crippen LogP contribution in [0.2, 0.25) is 33.2 Å². The first kappa shape index (κ1) is 36.8. The molecule has 6 heteroatoms. The molecular weight excluding hydrogens is 681 g/mol. The number of hydrogen-bond donors (Lipinski definition) is 0. The molecule has 0 bridgehead atoms. The average molecular weight is 733 g/mol. The molecule has 0 fully saturated rings. The lowest BCUT2D eigenvalue weighted by molar-refractivity contribution is 0.838. The Morgan fingerprint density at radius 3 is 1.04 bits per heavy atom. The van der Waals surface area contributed by atoms with Gasteiger partial charge >= 0.3 is 0 Å². The molecule has 6 rings (SSSR count). The van der Waals surface area contributed by atoms with Crippen molar-refractivity contribution in [3.8, 4) is 22.9 Å². The monoisotopic (exact) mass is 732 g/mol. The van der Waals surface area contributed by atoms with Crippen molar-refractivity contribution < 1.29 is 0 Å². The molecule has 2 heterocycles. The van der Waals surface area contributed by atoms with Crippen LogP contribution in [0.5, 0.6) is 0 Å². The molecule has 0 atom stereocenters. The van der Waals surface area contributed by atoms with Crippen molar-refractivity contribution in [2.24, 2.45) is 0 Å². The van der Waals surface area contributed by atoms with Gasteiger partial charge in [0.25, 0.3) is 0 Å². The van der Waals surface area contributed by atoms with Gasteiger partial charge < -0.3 is 0 Å². The Kier molecular flexibility index (Phi) is 9.48. The highest BCUT2D eigenvalue weighted by Gasteiger charge is 2.43. The summed E-state index contributed by atoms with van der Waals surface area (Å²) >= 11 is 3.36. The van der Waals surface area contributed by atoms with E-state index in [4.69, 9.17) is 0 Å². The van der Waals surface area contributed by atoms with E-state index in [0.29, 0.717) is 44.0 Å². The maximum atomic E-state index is 14.5. The van der Waals surface area contributed by atoms with E-state index >= 15 is 0 Å². The first-order chi connectivity index (χ1) is 23.4. The fourth-order valence-corrected chi connectivity index (χ4v) is 22.5. The zero-order chi connectivity index (χ0) is 36.8. The van der Waals surface area contributed by atoms with Gasteiger partial charge in [0.2, 0.25) is 0 Å². The lowest BCUT2D eigenvalue weighted by Crippen LogP contribution is -2.43. The van der Waals surface area contributed by atoms with E-state index < -0.39 is 16.1 Å². The van der Waals surface area contributed by atoms with E-state index in [2.05, 4.69) is 132 Å². The summed E-state index contributed by atoms with van der Waals surface area (Å²) in [6.45, 7) is 32.1. The van der Waals surface area contributed by atoms with Gasteiger partial charge in [0.15, 0.2) is 10.9 Å². The van der Waals surface area contributed by atoms with Gasteiger partial charge in [0.1, 0.15) is 16.1 Å². The van der Waals surface area contributed by atoms with Crippen molar-refractivity contribution in [3.63, 3.8) is 0 Å². The summed E-state index contributed by atoms with van der Waals surface area (Å²) < 4.78 is 2.03. The van der Waals surface area contributed by atoms with Crippen molar-refractivity contribution in [1.29, 1.82) is 0 Å². The Hall–Kier alpha value is -3.01. The van der Waals surface area contributed by atoms with Gasteiger partial charge in [0, 0.05) is 62.6 Å². The highest BCUT2D eigenvalue weighted by Crippen LogP contribution is 2.45. The third-order valence-corrected chi connectivity index (χ3v) is 26.8. The van der Waals surface area contributed by atoms with Crippen LogP contribution in [0.15, 0.2) is 33.9 Å². The minimum atomic E-state index is -2.08. The molecule has 0 aliphatic rings. The second-order valence-corrected chi connectivity index (χ2v) is 30.3. The van der Waals surface area contributed by atoms with Gasteiger partial charge in [-0.2, -0.15) is 0 Å². The van der Waals surface area contributed by atoms with Crippen LogP contribution >= 0.6 is 22.7 Å². The maximum absolute atomic E-state index is 14.5. The predicted molar refractivity (Wildman–Crippen MR) is 230 cm³/mol. The van der Waals surface area contributed by atoms with Gasteiger partial charge in [-0.1, -0.05) is 94.9 Å². The predicted octanol–water partition coefficient (Wildman–Crippen LogP) is 12.9. The maximum Gasteiger partial charge on any atom is 0.195 e. The fourth-order valence-electron chi connectivity index (χ4n) is 9.91. The smallest absolute Gasteiger partial charge is 0.195 e. The summed E-state index contributed by atoms with van der Waals surface area (Å²) in [5.41, 5.74) is 12.6. The van der Waals surface area contributed by atoms with Crippen LogP contribution in [0, 0.1) is 36.8 Å². The van der Waals surface area contributed by atoms with E-state index in [0.717, 1.165) is 62.6 Å². The molecule has 0 saturated carbocycles. The van der Waals surface area contributed by atoms with Gasteiger partial charge in [-0.25, -0.2) is 0 Å². The van der Waals surface area contributed by atoms with Crippen LogP contribution < -0.4 is 10.9 Å². The lowest BCUT2D eigenvalue weighted by atomic mass is 9.95. The van der Waals surface area contributed by atoms with Crippen LogP contribution in [0.1, 0.15) is 104 Å². The molecular formula is C44H52O2S2Si2. The number of hydrogen-bond acceptors (Lipinski definition) is 4. The van der Waals surface area contributed by atoms with Crippen LogP contribution in [-0.2, 0) is 0 Å². The SMILES string of the molecule is Cc1cc2c(=O)c3c4cc(C#C[Si](C(C)C)(C(C)C)C(C)C)c5c6sc(C)cc6c(=O)c5c4cc(C#C[Si](C(C)C)(C(C)C)C(C)C)c3c2s1. The van der Waals surface area contributed by atoms with Crippen LogP contribution in [-0.4, -0.2) is 16.1 Å². The second kappa shape index (κ2) is 12.9. The molecule has 4 aromatic carbocycles. The minimum absolute atomic E-state index is 0.0401. The fraction of sp³-hybridized carbons (Fsp3) is 0.455. The lowest BCUT2D eigenvalue weighted by Gasteiger charge is -2.38. The molecule has 0 saturated heterocycles. The third-order valence-electron chi connectivity index (χ3n) is 12.1. The molecule has 0 spiro atoms.